The van der Waals surface area contributed by atoms with Gasteiger partial charge in [0.1, 0.15) is 0 Å². The zero-order chi connectivity index (χ0) is 11.3. The minimum Gasteiger partial charge on any atom is -0.350 e. The van der Waals surface area contributed by atoms with Gasteiger partial charge in [0.25, 0.3) is 0 Å². The maximum absolute atomic E-state index is 11.5. The van der Waals surface area contributed by atoms with Crippen molar-refractivity contribution in [2.24, 2.45) is 5.73 Å². The van der Waals surface area contributed by atoms with E-state index in [1.165, 1.54) is 9.75 Å². The van der Waals surface area contributed by atoms with Crippen molar-refractivity contribution < 1.29 is 4.79 Å². The molecule has 1 rings (SSSR count). The normalized spacial score (nSPS) is 12.5. The molecule has 0 aliphatic heterocycles. The Hall–Kier alpha value is -0.870. The Balaban J connectivity index is 2.34. The van der Waals surface area contributed by atoms with Crippen LogP contribution in [-0.2, 0) is 11.3 Å². The van der Waals surface area contributed by atoms with Gasteiger partial charge < -0.3 is 11.1 Å². The molecule has 0 bridgehead atoms. The first-order valence-corrected chi connectivity index (χ1v) is 6.03. The average Bonchev–Trinajstić information content (AvgIpc) is 2.61. The van der Waals surface area contributed by atoms with Crippen LogP contribution in [0.5, 0.6) is 0 Å². The number of nitrogens with one attached hydrogen (secondary N) is 1. The molecule has 1 unspecified atom stereocenters. The van der Waals surface area contributed by atoms with E-state index < -0.39 is 0 Å². The first kappa shape index (κ1) is 12.2. The van der Waals surface area contributed by atoms with Crippen LogP contribution in [0.4, 0.5) is 0 Å². The number of amides is 1. The lowest BCUT2D eigenvalue weighted by Crippen LogP contribution is -2.39. The van der Waals surface area contributed by atoms with Crippen molar-refractivity contribution in [1.82, 2.24) is 5.32 Å². The molecule has 0 saturated heterocycles. The molecule has 1 heterocycles. The van der Waals surface area contributed by atoms with Gasteiger partial charge in [-0.3, -0.25) is 4.79 Å². The molecule has 1 atom stereocenters. The third-order valence-electron chi connectivity index (χ3n) is 2.17. The molecule has 1 aromatic rings. The largest absolute Gasteiger partial charge is 0.350 e. The summed E-state index contributed by atoms with van der Waals surface area (Å²) in [5.74, 6) is -0.0529. The van der Waals surface area contributed by atoms with Crippen LogP contribution in [0.15, 0.2) is 12.1 Å². The van der Waals surface area contributed by atoms with Crippen LogP contribution in [-0.4, -0.2) is 11.9 Å². The first-order valence-electron chi connectivity index (χ1n) is 5.22. The van der Waals surface area contributed by atoms with E-state index in [1.807, 2.05) is 13.0 Å². The van der Waals surface area contributed by atoms with Crippen LogP contribution in [0.25, 0.3) is 0 Å². The van der Waals surface area contributed by atoms with Crippen LogP contribution in [0.2, 0.25) is 0 Å². The minimum atomic E-state index is -0.365. The Morgan fingerprint density at radius 3 is 2.87 bits per heavy atom. The summed E-state index contributed by atoms with van der Waals surface area (Å²) in [4.78, 5) is 13.9. The van der Waals surface area contributed by atoms with E-state index in [0.29, 0.717) is 6.54 Å². The molecule has 1 aromatic heterocycles. The average molecular weight is 226 g/mol. The second kappa shape index (κ2) is 5.88. The summed E-state index contributed by atoms with van der Waals surface area (Å²) < 4.78 is 0. The fourth-order valence-electron chi connectivity index (χ4n) is 1.33. The van der Waals surface area contributed by atoms with Gasteiger partial charge in [-0.2, -0.15) is 0 Å². The van der Waals surface area contributed by atoms with Crippen molar-refractivity contribution in [3.8, 4) is 0 Å². The van der Waals surface area contributed by atoms with E-state index in [9.17, 15) is 4.79 Å². The molecule has 15 heavy (non-hydrogen) atoms. The maximum atomic E-state index is 11.5. The number of hydrogen-bond donors (Lipinski definition) is 2. The van der Waals surface area contributed by atoms with Gasteiger partial charge in [-0.15, -0.1) is 11.3 Å². The van der Waals surface area contributed by atoms with Crippen LogP contribution in [0.3, 0.4) is 0 Å². The Morgan fingerprint density at radius 1 is 1.60 bits per heavy atom. The van der Waals surface area contributed by atoms with Crippen molar-refractivity contribution in [3.05, 3.63) is 21.9 Å². The van der Waals surface area contributed by atoms with Crippen LogP contribution < -0.4 is 11.1 Å². The number of nitrogens with two attached hydrogens (primary N) is 1. The summed E-state index contributed by atoms with van der Waals surface area (Å²) in [6.07, 6.45) is 1.68. The van der Waals surface area contributed by atoms with Gasteiger partial charge in [0, 0.05) is 9.75 Å². The molecule has 0 aromatic carbocycles. The van der Waals surface area contributed by atoms with Gasteiger partial charge in [-0.1, -0.05) is 13.3 Å². The predicted molar refractivity (Wildman–Crippen MR) is 63.8 cm³/mol. The molecular formula is C11H18N2OS. The zero-order valence-corrected chi connectivity index (χ0v) is 10.1. The highest BCUT2D eigenvalue weighted by Crippen LogP contribution is 2.14. The first-order chi connectivity index (χ1) is 7.13. The molecule has 3 nitrogen and oxygen atoms in total. The Bertz CT molecular complexity index is 322. The van der Waals surface area contributed by atoms with Crippen molar-refractivity contribution >= 4 is 17.2 Å². The summed E-state index contributed by atoms with van der Waals surface area (Å²) >= 11 is 1.70. The highest BCUT2D eigenvalue weighted by molar-refractivity contribution is 7.11. The predicted octanol–water partition coefficient (Wildman–Crippen LogP) is 1.80. The lowest BCUT2D eigenvalue weighted by atomic mass is 10.2. The van der Waals surface area contributed by atoms with Gasteiger partial charge in [0.05, 0.1) is 12.6 Å². The van der Waals surface area contributed by atoms with Gasteiger partial charge in [-0.25, -0.2) is 0 Å². The fourth-order valence-corrected chi connectivity index (χ4v) is 2.16. The van der Waals surface area contributed by atoms with E-state index in [0.717, 1.165) is 12.8 Å². The van der Waals surface area contributed by atoms with Crippen molar-refractivity contribution in [2.75, 3.05) is 0 Å². The summed E-state index contributed by atoms with van der Waals surface area (Å²) in [5, 5.41) is 2.84. The number of thiophene rings is 1. The maximum Gasteiger partial charge on any atom is 0.237 e. The fraction of sp³-hybridized carbons (Fsp3) is 0.545. The molecule has 3 N–H and O–H groups in total. The highest BCUT2D eigenvalue weighted by Gasteiger charge is 2.11. The molecule has 0 aliphatic rings. The molecule has 0 saturated carbocycles. The number of rotatable bonds is 5. The Morgan fingerprint density at radius 2 is 2.33 bits per heavy atom. The molecule has 4 heteroatoms. The topological polar surface area (TPSA) is 55.1 Å². The van der Waals surface area contributed by atoms with E-state index in [-0.39, 0.29) is 11.9 Å². The van der Waals surface area contributed by atoms with Crippen molar-refractivity contribution in [2.45, 2.75) is 39.3 Å². The van der Waals surface area contributed by atoms with E-state index in [4.69, 9.17) is 5.73 Å². The number of hydrogen-bond acceptors (Lipinski definition) is 3. The lowest BCUT2D eigenvalue weighted by Gasteiger charge is -2.10. The van der Waals surface area contributed by atoms with Crippen LogP contribution >= 0.6 is 11.3 Å². The van der Waals surface area contributed by atoms with E-state index >= 15 is 0 Å². The van der Waals surface area contributed by atoms with Crippen molar-refractivity contribution in [3.63, 3.8) is 0 Å². The second-order valence-electron chi connectivity index (χ2n) is 3.63. The van der Waals surface area contributed by atoms with Gasteiger partial charge in [0.15, 0.2) is 0 Å². The second-order valence-corrected chi connectivity index (χ2v) is 5.00. The number of carbonyl (C=O) groups excluding carboxylic acids is 1. The number of carbonyl (C=O) groups is 1. The third-order valence-corrected chi connectivity index (χ3v) is 3.17. The molecule has 0 fully saturated rings. The number of aryl methyl sites for hydroxylation is 1. The minimum absolute atomic E-state index is 0.0529. The molecule has 1 amide bonds. The zero-order valence-electron chi connectivity index (χ0n) is 9.25. The summed E-state index contributed by atoms with van der Waals surface area (Å²) in [5.41, 5.74) is 5.69. The smallest absolute Gasteiger partial charge is 0.237 e. The molecule has 0 radical (unpaired) electrons. The molecule has 84 valence electrons. The lowest BCUT2D eigenvalue weighted by molar-refractivity contribution is -0.122. The van der Waals surface area contributed by atoms with Gasteiger partial charge in [-0.05, 0) is 25.5 Å². The van der Waals surface area contributed by atoms with Gasteiger partial charge in [0.2, 0.25) is 5.91 Å². The molecule has 0 spiro atoms. The quantitative estimate of drug-likeness (QED) is 0.804. The third kappa shape index (κ3) is 4.01. The Kier molecular flexibility index (Phi) is 4.78. The molecular weight excluding hydrogens is 208 g/mol. The van der Waals surface area contributed by atoms with Gasteiger partial charge >= 0.3 is 0 Å². The van der Waals surface area contributed by atoms with E-state index in [2.05, 4.69) is 18.3 Å². The standard InChI is InChI=1S/C11H18N2OS/c1-3-4-10(12)11(14)13-7-9-6-5-8(2)15-9/h5-6,10H,3-4,7,12H2,1-2H3,(H,13,14). The van der Waals surface area contributed by atoms with Crippen LogP contribution in [0, 0.1) is 6.92 Å². The van der Waals surface area contributed by atoms with E-state index in [1.54, 1.807) is 11.3 Å². The Labute approximate surface area is 94.7 Å². The SMILES string of the molecule is CCCC(N)C(=O)NCc1ccc(C)s1. The summed E-state index contributed by atoms with van der Waals surface area (Å²) in [7, 11) is 0. The van der Waals surface area contributed by atoms with Crippen molar-refractivity contribution in [1.29, 1.82) is 0 Å². The van der Waals surface area contributed by atoms with Crippen LogP contribution in [0.1, 0.15) is 29.5 Å². The summed E-state index contributed by atoms with van der Waals surface area (Å²) in [6, 6.07) is 3.72. The highest BCUT2D eigenvalue weighted by atomic mass is 32.1. The summed E-state index contributed by atoms with van der Waals surface area (Å²) in [6.45, 7) is 4.67. The molecule has 0 aliphatic carbocycles. The monoisotopic (exact) mass is 226 g/mol.